The lowest BCUT2D eigenvalue weighted by Gasteiger charge is -2.46. The third kappa shape index (κ3) is 13.1. The number of hydrogen-bond donors (Lipinski definition) is 1. The Hall–Kier alpha value is -1.10. The normalized spacial score (nSPS) is 13.7. The molecule has 1 unspecified atom stereocenters. The van der Waals surface area contributed by atoms with Crippen LogP contribution in [0.25, 0.3) is 0 Å². The molecule has 31 heavy (non-hydrogen) atoms. The lowest BCUT2D eigenvalue weighted by molar-refractivity contribution is -0.919. The van der Waals surface area contributed by atoms with E-state index >= 15 is 0 Å². The standard InChI is InChI=1S/C26H52N2O3/c1-6-8-9-10-11-12-13-14-15-16-17-18-19-20-21-22-24(29)27-26(23-7-2,25(30)31)28(3,4)5/h6-23H2,1-5H3,(H-,27,29,30,31). The molecule has 0 radical (unpaired) electrons. The zero-order chi connectivity index (χ0) is 23.6. The van der Waals surface area contributed by atoms with Gasteiger partial charge in [0.1, 0.15) is 5.97 Å². The van der Waals surface area contributed by atoms with Crippen molar-refractivity contribution in [1.29, 1.82) is 0 Å². The summed E-state index contributed by atoms with van der Waals surface area (Å²) in [5.41, 5.74) is -1.36. The van der Waals surface area contributed by atoms with Crippen LogP contribution in [0.4, 0.5) is 0 Å². The van der Waals surface area contributed by atoms with E-state index in [4.69, 9.17) is 0 Å². The van der Waals surface area contributed by atoms with E-state index in [2.05, 4.69) is 12.2 Å². The van der Waals surface area contributed by atoms with Crippen molar-refractivity contribution in [3.63, 3.8) is 0 Å². The summed E-state index contributed by atoms with van der Waals surface area (Å²) >= 11 is 0. The minimum atomic E-state index is -1.36. The fraction of sp³-hybridized carbons (Fsp3) is 0.923. The van der Waals surface area contributed by atoms with Gasteiger partial charge in [-0.2, -0.15) is 0 Å². The van der Waals surface area contributed by atoms with Gasteiger partial charge in [-0.1, -0.05) is 104 Å². The van der Waals surface area contributed by atoms with Crippen molar-refractivity contribution in [1.82, 2.24) is 5.32 Å². The molecule has 0 bridgehead atoms. The fourth-order valence-corrected chi connectivity index (χ4v) is 4.30. The maximum atomic E-state index is 12.4. The summed E-state index contributed by atoms with van der Waals surface area (Å²) in [5, 5.41) is 14.7. The summed E-state index contributed by atoms with van der Waals surface area (Å²) in [7, 11) is 5.37. The highest BCUT2D eigenvalue weighted by Gasteiger charge is 2.45. The molecule has 5 heteroatoms. The minimum Gasteiger partial charge on any atom is -0.542 e. The van der Waals surface area contributed by atoms with Gasteiger partial charge in [-0.3, -0.25) is 10.1 Å². The van der Waals surface area contributed by atoms with E-state index in [0.29, 0.717) is 19.3 Å². The van der Waals surface area contributed by atoms with Crippen molar-refractivity contribution in [3.05, 3.63) is 0 Å². The number of nitrogens with zero attached hydrogens (tertiary/aromatic N) is 1. The first kappa shape index (κ1) is 29.9. The van der Waals surface area contributed by atoms with Crippen LogP contribution in [0.15, 0.2) is 0 Å². The van der Waals surface area contributed by atoms with Crippen molar-refractivity contribution < 1.29 is 19.2 Å². The highest BCUT2D eigenvalue weighted by molar-refractivity contribution is 5.84. The highest BCUT2D eigenvalue weighted by Crippen LogP contribution is 2.22. The molecular formula is C26H52N2O3. The molecule has 0 aliphatic rings. The van der Waals surface area contributed by atoms with Crippen LogP contribution in [0, 0.1) is 0 Å². The van der Waals surface area contributed by atoms with Gasteiger partial charge in [-0.05, 0) is 12.8 Å². The SMILES string of the molecule is CCCCCCCCCCCCCCCCCC(=O)NC(CCC)(C(=O)[O-])[N+](C)(C)C. The minimum absolute atomic E-state index is 0.119. The van der Waals surface area contributed by atoms with Crippen molar-refractivity contribution in [2.75, 3.05) is 21.1 Å². The second-order valence-electron chi connectivity index (χ2n) is 10.2. The van der Waals surface area contributed by atoms with E-state index in [1.165, 1.54) is 77.0 Å². The molecule has 0 fully saturated rings. The summed E-state index contributed by atoms with van der Waals surface area (Å²) in [5.74, 6) is -1.38. The number of aliphatic carboxylic acids is 1. The predicted molar refractivity (Wildman–Crippen MR) is 128 cm³/mol. The molecule has 0 saturated heterocycles. The predicted octanol–water partition coefficient (Wildman–Crippen LogP) is 5.32. The average Bonchev–Trinajstić information content (AvgIpc) is 2.69. The monoisotopic (exact) mass is 440 g/mol. The quantitative estimate of drug-likeness (QED) is 0.149. The number of likely N-dealkylation sites (N-methyl/N-ethyl adjacent to an activating group) is 1. The number of amides is 1. The Balaban J connectivity index is 3.80. The molecule has 0 heterocycles. The molecule has 5 nitrogen and oxygen atoms in total. The van der Waals surface area contributed by atoms with Crippen LogP contribution in [0.2, 0.25) is 0 Å². The van der Waals surface area contributed by atoms with E-state index in [1.54, 1.807) is 21.1 Å². The van der Waals surface area contributed by atoms with Crippen LogP contribution in [-0.4, -0.2) is 43.2 Å². The zero-order valence-corrected chi connectivity index (χ0v) is 21.4. The van der Waals surface area contributed by atoms with Gasteiger partial charge >= 0.3 is 0 Å². The summed E-state index contributed by atoms with van der Waals surface area (Å²) in [6.45, 7) is 4.19. The zero-order valence-electron chi connectivity index (χ0n) is 21.4. The first-order chi connectivity index (χ1) is 14.7. The molecule has 0 spiro atoms. The van der Waals surface area contributed by atoms with Crippen molar-refractivity contribution in [3.8, 4) is 0 Å². The van der Waals surface area contributed by atoms with Gasteiger partial charge < -0.3 is 14.4 Å². The molecule has 0 aliphatic heterocycles. The number of hydrogen-bond acceptors (Lipinski definition) is 3. The molecule has 0 aliphatic carbocycles. The molecule has 0 saturated carbocycles. The topological polar surface area (TPSA) is 69.2 Å². The van der Waals surface area contributed by atoms with Gasteiger partial charge in [0, 0.05) is 12.8 Å². The number of carbonyl (C=O) groups excluding carboxylic acids is 2. The molecule has 0 aromatic carbocycles. The molecule has 1 amide bonds. The van der Waals surface area contributed by atoms with E-state index in [0.717, 1.165) is 19.3 Å². The second kappa shape index (κ2) is 17.5. The van der Waals surface area contributed by atoms with Crippen LogP contribution in [-0.2, 0) is 9.59 Å². The fourth-order valence-electron chi connectivity index (χ4n) is 4.30. The van der Waals surface area contributed by atoms with Crippen molar-refractivity contribution in [2.45, 2.75) is 135 Å². The molecule has 184 valence electrons. The lowest BCUT2D eigenvalue weighted by Crippen LogP contribution is -2.74. The highest BCUT2D eigenvalue weighted by atomic mass is 16.4. The van der Waals surface area contributed by atoms with Gasteiger partial charge in [0.15, 0.2) is 0 Å². The first-order valence-corrected chi connectivity index (χ1v) is 13.0. The Kier molecular flexibility index (Phi) is 16.8. The third-order valence-corrected chi connectivity index (χ3v) is 6.45. The number of carboxylic acids is 1. The van der Waals surface area contributed by atoms with Gasteiger partial charge in [0.05, 0.1) is 21.1 Å². The van der Waals surface area contributed by atoms with Crippen molar-refractivity contribution in [2.24, 2.45) is 0 Å². The number of quaternary nitrogens is 1. The van der Waals surface area contributed by atoms with Gasteiger partial charge in [0.2, 0.25) is 11.6 Å². The van der Waals surface area contributed by atoms with Crippen molar-refractivity contribution >= 4 is 11.9 Å². The Bertz CT molecular complexity index is 474. The first-order valence-electron chi connectivity index (χ1n) is 13.0. The number of unbranched alkanes of at least 4 members (excludes halogenated alkanes) is 14. The molecule has 0 aromatic heterocycles. The Morgan fingerprint density at radius 2 is 1.06 bits per heavy atom. The maximum absolute atomic E-state index is 12.4. The van der Waals surface area contributed by atoms with Crippen LogP contribution in [0.1, 0.15) is 129 Å². The summed E-state index contributed by atoms with van der Waals surface area (Å²) < 4.78 is 0.119. The second-order valence-corrected chi connectivity index (χ2v) is 10.2. The van der Waals surface area contributed by atoms with Gasteiger partial charge in [-0.15, -0.1) is 0 Å². The number of rotatable bonds is 21. The lowest BCUT2D eigenvalue weighted by atomic mass is 9.99. The van der Waals surface area contributed by atoms with Crippen LogP contribution in [0.3, 0.4) is 0 Å². The van der Waals surface area contributed by atoms with Crippen LogP contribution < -0.4 is 10.4 Å². The number of nitrogens with one attached hydrogen (secondary N) is 1. The number of carbonyl (C=O) groups is 2. The van der Waals surface area contributed by atoms with Gasteiger partial charge in [-0.25, -0.2) is 0 Å². The van der Waals surface area contributed by atoms with E-state index < -0.39 is 11.6 Å². The largest absolute Gasteiger partial charge is 0.542 e. The van der Waals surface area contributed by atoms with Gasteiger partial charge in [0.25, 0.3) is 0 Å². The van der Waals surface area contributed by atoms with E-state index in [9.17, 15) is 14.7 Å². The van der Waals surface area contributed by atoms with Crippen LogP contribution >= 0.6 is 0 Å². The molecular weight excluding hydrogens is 388 g/mol. The summed E-state index contributed by atoms with van der Waals surface area (Å²) in [4.78, 5) is 24.3. The van der Waals surface area contributed by atoms with Crippen LogP contribution in [0.5, 0.6) is 0 Å². The summed E-state index contributed by atoms with van der Waals surface area (Å²) in [6.07, 6.45) is 20.7. The maximum Gasteiger partial charge on any atom is 0.224 e. The van der Waals surface area contributed by atoms with E-state index in [1.807, 2.05) is 6.92 Å². The molecule has 1 N–H and O–H groups in total. The summed E-state index contributed by atoms with van der Waals surface area (Å²) in [6, 6.07) is 0. The number of carboxylic acid groups (broad SMARTS) is 1. The Labute approximate surface area is 192 Å². The Morgan fingerprint density at radius 3 is 1.39 bits per heavy atom. The molecule has 0 rings (SSSR count). The third-order valence-electron chi connectivity index (χ3n) is 6.45. The smallest absolute Gasteiger partial charge is 0.224 e. The molecule has 0 aromatic rings. The molecule has 1 atom stereocenters. The Morgan fingerprint density at radius 1 is 0.677 bits per heavy atom. The average molecular weight is 441 g/mol. The van der Waals surface area contributed by atoms with E-state index in [-0.39, 0.29) is 10.4 Å².